The number of hydrogen-bond donors (Lipinski definition) is 2. The standard InChI is InChI=1S/C14H20N4OS/c1-10(14(19)18-7-3-2-4-8-18)17-12-6-5-11(9-16-12)13(15)20/h5-6,9-10H,2-4,7-8H2,1H3,(H2,15,20)(H,16,17). The molecule has 5 nitrogen and oxygen atoms in total. The lowest BCUT2D eigenvalue weighted by Crippen LogP contribution is -2.44. The van der Waals surface area contributed by atoms with Gasteiger partial charge in [0.25, 0.3) is 0 Å². The van der Waals surface area contributed by atoms with E-state index in [1.165, 1.54) is 6.42 Å². The number of nitrogens with two attached hydrogens (primary N) is 1. The maximum atomic E-state index is 12.3. The van der Waals surface area contributed by atoms with Crippen LogP contribution < -0.4 is 11.1 Å². The first-order chi connectivity index (χ1) is 9.58. The molecule has 1 aromatic heterocycles. The van der Waals surface area contributed by atoms with Gasteiger partial charge in [-0.15, -0.1) is 0 Å². The van der Waals surface area contributed by atoms with Crippen LogP contribution in [-0.2, 0) is 4.79 Å². The van der Waals surface area contributed by atoms with Crippen molar-refractivity contribution in [2.45, 2.75) is 32.2 Å². The van der Waals surface area contributed by atoms with Gasteiger partial charge >= 0.3 is 0 Å². The number of nitrogens with zero attached hydrogens (tertiary/aromatic N) is 2. The fourth-order valence-corrected chi connectivity index (χ4v) is 2.42. The third kappa shape index (κ3) is 3.66. The summed E-state index contributed by atoms with van der Waals surface area (Å²) in [4.78, 5) is 18.7. The van der Waals surface area contributed by atoms with Crippen LogP contribution in [0.4, 0.5) is 5.82 Å². The normalized spacial score (nSPS) is 16.6. The molecule has 0 radical (unpaired) electrons. The van der Waals surface area contributed by atoms with Crippen LogP contribution in [0.3, 0.4) is 0 Å². The summed E-state index contributed by atoms with van der Waals surface area (Å²) < 4.78 is 0. The van der Waals surface area contributed by atoms with Gasteiger partial charge in [0, 0.05) is 24.8 Å². The molecule has 0 spiro atoms. The molecule has 0 bridgehead atoms. The van der Waals surface area contributed by atoms with Gasteiger partial charge in [-0.1, -0.05) is 12.2 Å². The first kappa shape index (κ1) is 14.7. The van der Waals surface area contributed by atoms with E-state index in [0.717, 1.165) is 31.5 Å². The summed E-state index contributed by atoms with van der Waals surface area (Å²) in [5, 5.41) is 3.12. The van der Waals surface area contributed by atoms with Crippen LogP contribution in [0.2, 0.25) is 0 Å². The van der Waals surface area contributed by atoms with Gasteiger partial charge in [0.05, 0.1) is 0 Å². The van der Waals surface area contributed by atoms with E-state index in [4.69, 9.17) is 18.0 Å². The molecule has 1 unspecified atom stereocenters. The Morgan fingerprint density at radius 2 is 2.10 bits per heavy atom. The second-order valence-electron chi connectivity index (χ2n) is 5.05. The molecule has 2 heterocycles. The van der Waals surface area contributed by atoms with E-state index in [2.05, 4.69) is 10.3 Å². The van der Waals surface area contributed by atoms with Gasteiger partial charge in [-0.25, -0.2) is 4.98 Å². The van der Waals surface area contributed by atoms with Crippen molar-refractivity contribution in [3.05, 3.63) is 23.9 Å². The molecule has 1 aliphatic heterocycles. The quantitative estimate of drug-likeness (QED) is 0.824. The Hall–Kier alpha value is -1.69. The van der Waals surface area contributed by atoms with Gasteiger partial charge in [-0.05, 0) is 38.3 Å². The summed E-state index contributed by atoms with van der Waals surface area (Å²) in [6, 6.07) is 3.31. The summed E-state index contributed by atoms with van der Waals surface area (Å²) in [5.74, 6) is 0.785. The number of piperidine rings is 1. The smallest absolute Gasteiger partial charge is 0.244 e. The summed E-state index contributed by atoms with van der Waals surface area (Å²) in [6.07, 6.45) is 5.02. The first-order valence-electron chi connectivity index (χ1n) is 6.89. The van der Waals surface area contributed by atoms with Crippen molar-refractivity contribution in [2.24, 2.45) is 5.73 Å². The van der Waals surface area contributed by atoms with Crippen molar-refractivity contribution in [3.8, 4) is 0 Å². The molecule has 1 saturated heterocycles. The van der Waals surface area contributed by atoms with Crippen LogP contribution in [0, 0.1) is 0 Å². The number of anilines is 1. The number of rotatable bonds is 4. The number of aromatic nitrogens is 1. The van der Waals surface area contributed by atoms with Crippen LogP contribution >= 0.6 is 12.2 Å². The maximum Gasteiger partial charge on any atom is 0.244 e. The van der Waals surface area contributed by atoms with E-state index < -0.39 is 0 Å². The predicted octanol–water partition coefficient (Wildman–Crippen LogP) is 1.53. The number of nitrogens with one attached hydrogen (secondary N) is 1. The summed E-state index contributed by atoms with van der Waals surface area (Å²) in [7, 11) is 0. The fourth-order valence-electron chi connectivity index (χ4n) is 2.30. The molecule has 0 saturated carbocycles. The second kappa shape index (κ2) is 6.65. The van der Waals surface area contributed by atoms with Crippen molar-refractivity contribution in [1.82, 2.24) is 9.88 Å². The third-order valence-electron chi connectivity index (χ3n) is 3.45. The highest BCUT2D eigenvalue weighted by Gasteiger charge is 2.22. The molecule has 1 aliphatic rings. The number of carbonyl (C=O) groups excluding carboxylic acids is 1. The average Bonchev–Trinajstić information content (AvgIpc) is 2.48. The first-order valence-corrected chi connectivity index (χ1v) is 7.30. The van der Waals surface area contributed by atoms with Gasteiger partial charge in [0.1, 0.15) is 16.8 Å². The number of likely N-dealkylation sites (tertiary alicyclic amines) is 1. The second-order valence-corrected chi connectivity index (χ2v) is 5.49. The molecule has 3 N–H and O–H groups in total. The predicted molar refractivity (Wildman–Crippen MR) is 83.6 cm³/mol. The number of amides is 1. The maximum absolute atomic E-state index is 12.3. The molecule has 2 rings (SSSR count). The van der Waals surface area contributed by atoms with Crippen LogP contribution in [0.25, 0.3) is 0 Å². The highest BCUT2D eigenvalue weighted by Crippen LogP contribution is 2.12. The molecule has 1 aromatic rings. The largest absolute Gasteiger partial charge is 0.389 e. The van der Waals surface area contributed by atoms with Crippen molar-refractivity contribution in [1.29, 1.82) is 0 Å². The minimum atomic E-state index is -0.281. The summed E-state index contributed by atoms with van der Waals surface area (Å²) >= 11 is 4.88. The molecule has 1 atom stereocenters. The number of pyridine rings is 1. The lowest BCUT2D eigenvalue weighted by molar-refractivity contribution is -0.132. The summed E-state index contributed by atoms with van der Waals surface area (Å²) in [6.45, 7) is 3.58. The van der Waals surface area contributed by atoms with Gasteiger partial charge in [0.15, 0.2) is 0 Å². The van der Waals surface area contributed by atoms with Crippen LogP contribution in [0.1, 0.15) is 31.7 Å². The van der Waals surface area contributed by atoms with Gasteiger partial charge in [-0.3, -0.25) is 4.79 Å². The molecule has 20 heavy (non-hydrogen) atoms. The highest BCUT2D eigenvalue weighted by atomic mass is 32.1. The Bertz CT molecular complexity index is 482. The molecular formula is C14H20N4OS. The number of hydrogen-bond acceptors (Lipinski definition) is 4. The van der Waals surface area contributed by atoms with Gasteiger partial charge < -0.3 is 16.0 Å². The monoisotopic (exact) mass is 292 g/mol. The van der Waals surface area contributed by atoms with E-state index >= 15 is 0 Å². The molecule has 6 heteroatoms. The minimum Gasteiger partial charge on any atom is -0.389 e. The lowest BCUT2D eigenvalue weighted by atomic mass is 10.1. The molecule has 0 aliphatic carbocycles. The molecule has 108 valence electrons. The Balaban J connectivity index is 1.94. The average molecular weight is 292 g/mol. The number of thiocarbonyl (C=S) groups is 1. The lowest BCUT2D eigenvalue weighted by Gasteiger charge is -2.29. The zero-order chi connectivity index (χ0) is 14.5. The molecule has 0 aromatic carbocycles. The third-order valence-corrected chi connectivity index (χ3v) is 3.69. The van der Waals surface area contributed by atoms with Crippen molar-refractivity contribution >= 4 is 28.9 Å². The Labute approximate surface area is 124 Å². The van der Waals surface area contributed by atoms with E-state index in [1.54, 1.807) is 18.3 Å². The topological polar surface area (TPSA) is 71.2 Å². The van der Waals surface area contributed by atoms with Crippen LogP contribution in [-0.4, -0.2) is 39.9 Å². The summed E-state index contributed by atoms with van der Waals surface area (Å²) in [5.41, 5.74) is 6.24. The van der Waals surface area contributed by atoms with Crippen molar-refractivity contribution < 1.29 is 4.79 Å². The van der Waals surface area contributed by atoms with E-state index in [0.29, 0.717) is 10.8 Å². The highest BCUT2D eigenvalue weighted by molar-refractivity contribution is 7.80. The minimum absolute atomic E-state index is 0.130. The van der Waals surface area contributed by atoms with Gasteiger partial charge in [0.2, 0.25) is 5.91 Å². The zero-order valence-corrected chi connectivity index (χ0v) is 12.4. The molecular weight excluding hydrogens is 272 g/mol. The van der Waals surface area contributed by atoms with E-state index in [-0.39, 0.29) is 11.9 Å². The van der Waals surface area contributed by atoms with Crippen LogP contribution in [0.15, 0.2) is 18.3 Å². The number of carbonyl (C=O) groups is 1. The van der Waals surface area contributed by atoms with Gasteiger partial charge in [-0.2, -0.15) is 0 Å². The van der Waals surface area contributed by atoms with Crippen LogP contribution in [0.5, 0.6) is 0 Å². The Morgan fingerprint density at radius 1 is 1.40 bits per heavy atom. The Morgan fingerprint density at radius 3 is 2.65 bits per heavy atom. The van der Waals surface area contributed by atoms with E-state index in [1.807, 2.05) is 11.8 Å². The Kier molecular flexibility index (Phi) is 4.89. The SMILES string of the molecule is CC(Nc1ccc(C(N)=S)cn1)C(=O)N1CCCCC1. The molecule has 1 amide bonds. The van der Waals surface area contributed by atoms with Crippen molar-refractivity contribution in [3.63, 3.8) is 0 Å². The fraction of sp³-hybridized carbons (Fsp3) is 0.500. The molecule has 1 fully saturated rings. The van der Waals surface area contributed by atoms with E-state index in [9.17, 15) is 4.79 Å². The van der Waals surface area contributed by atoms with Crippen molar-refractivity contribution in [2.75, 3.05) is 18.4 Å². The zero-order valence-electron chi connectivity index (χ0n) is 11.6.